The molecule has 0 saturated heterocycles. The average molecular weight is 288 g/mol. The van der Waals surface area contributed by atoms with E-state index in [1.54, 1.807) is 19.2 Å². The van der Waals surface area contributed by atoms with E-state index in [0.717, 1.165) is 5.69 Å². The largest absolute Gasteiger partial charge is 0.365 e. The maximum absolute atomic E-state index is 12.8. The summed E-state index contributed by atoms with van der Waals surface area (Å²) in [6.07, 6.45) is 1.86. The number of Topliss-reactive ketones (excluding diaryl/α,β-unsaturated/α-hetero) is 1. The van der Waals surface area contributed by atoms with Gasteiger partial charge in [0.1, 0.15) is 5.82 Å². The lowest BCUT2D eigenvalue weighted by Gasteiger charge is -2.13. The Morgan fingerprint density at radius 2 is 1.90 bits per heavy atom. The van der Waals surface area contributed by atoms with Crippen molar-refractivity contribution in [1.82, 2.24) is 10.3 Å². The van der Waals surface area contributed by atoms with Gasteiger partial charge in [0.2, 0.25) is 0 Å². The maximum atomic E-state index is 12.8. The SMILES string of the molecule is Cc1[nH]ccc1C(=O)NC(C)CC(=O)c1ccc(F)cc1. The van der Waals surface area contributed by atoms with Crippen LogP contribution in [-0.2, 0) is 0 Å². The summed E-state index contributed by atoms with van der Waals surface area (Å²) in [5.74, 6) is -0.724. The molecule has 0 aliphatic heterocycles. The summed E-state index contributed by atoms with van der Waals surface area (Å²) in [6, 6.07) is 6.79. The molecule has 2 rings (SSSR count). The van der Waals surface area contributed by atoms with Crippen molar-refractivity contribution in [2.24, 2.45) is 0 Å². The van der Waals surface area contributed by atoms with Crippen LogP contribution in [0, 0.1) is 12.7 Å². The number of benzene rings is 1. The van der Waals surface area contributed by atoms with Gasteiger partial charge in [0.05, 0.1) is 5.56 Å². The molecule has 0 bridgehead atoms. The maximum Gasteiger partial charge on any atom is 0.253 e. The van der Waals surface area contributed by atoms with Gasteiger partial charge in [-0.05, 0) is 44.2 Å². The van der Waals surface area contributed by atoms with E-state index < -0.39 is 0 Å². The van der Waals surface area contributed by atoms with Gasteiger partial charge in [-0.2, -0.15) is 0 Å². The summed E-state index contributed by atoms with van der Waals surface area (Å²) in [4.78, 5) is 27.0. The lowest BCUT2D eigenvalue weighted by Crippen LogP contribution is -2.34. The van der Waals surface area contributed by atoms with Crippen LogP contribution in [0.4, 0.5) is 4.39 Å². The first-order chi connectivity index (χ1) is 9.97. The normalized spacial score (nSPS) is 12.0. The van der Waals surface area contributed by atoms with E-state index in [9.17, 15) is 14.0 Å². The average Bonchev–Trinajstić information content (AvgIpc) is 2.85. The highest BCUT2D eigenvalue weighted by molar-refractivity contribution is 5.98. The summed E-state index contributed by atoms with van der Waals surface area (Å²) in [7, 11) is 0. The molecule has 21 heavy (non-hydrogen) atoms. The summed E-state index contributed by atoms with van der Waals surface area (Å²) in [5, 5.41) is 2.78. The minimum atomic E-state index is -0.379. The summed E-state index contributed by atoms with van der Waals surface area (Å²) in [6.45, 7) is 3.57. The summed E-state index contributed by atoms with van der Waals surface area (Å²) in [5.41, 5.74) is 1.79. The lowest BCUT2D eigenvalue weighted by molar-refractivity contribution is 0.0918. The standard InChI is InChI=1S/C16H17FN2O2/c1-10(19-16(21)14-7-8-18-11(14)2)9-15(20)12-3-5-13(17)6-4-12/h3-8,10,18H,9H2,1-2H3,(H,19,21). The highest BCUT2D eigenvalue weighted by Crippen LogP contribution is 2.09. The van der Waals surface area contributed by atoms with E-state index in [1.165, 1.54) is 24.3 Å². The van der Waals surface area contributed by atoms with Crippen LogP contribution in [0.1, 0.15) is 39.8 Å². The number of hydrogen-bond donors (Lipinski definition) is 2. The molecule has 0 aliphatic carbocycles. The van der Waals surface area contributed by atoms with Gasteiger partial charge in [-0.3, -0.25) is 9.59 Å². The summed E-state index contributed by atoms with van der Waals surface area (Å²) >= 11 is 0. The van der Waals surface area contributed by atoms with Gasteiger partial charge in [-0.1, -0.05) is 0 Å². The molecule has 0 fully saturated rings. The molecular weight excluding hydrogens is 271 g/mol. The molecule has 2 aromatic rings. The number of aromatic amines is 1. The molecule has 0 saturated carbocycles. The number of hydrogen-bond acceptors (Lipinski definition) is 2. The third kappa shape index (κ3) is 3.78. The Bertz CT molecular complexity index is 647. The van der Waals surface area contributed by atoms with Crippen LogP contribution < -0.4 is 5.32 Å². The zero-order valence-electron chi connectivity index (χ0n) is 11.9. The van der Waals surface area contributed by atoms with Crippen LogP contribution >= 0.6 is 0 Å². The lowest BCUT2D eigenvalue weighted by atomic mass is 10.0. The number of carbonyl (C=O) groups excluding carboxylic acids is 2. The van der Waals surface area contributed by atoms with E-state index >= 15 is 0 Å². The second kappa shape index (κ2) is 6.35. The van der Waals surface area contributed by atoms with Gasteiger partial charge in [0.25, 0.3) is 5.91 Å². The fourth-order valence-corrected chi connectivity index (χ4v) is 2.08. The zero-order valence-corrected chi connectivity index (χ0v) is 11.9. The fourth-order valence-electron chi connectivity index (χ4n) is 2.08. The number of aromatic nitrogens is 1. The van der Waals surface area contributed by atoms with Gasteiger partial charge < -0.3 is 10.3 Å². The van der Waals surface area contributed by atoms with E-state index in [4.69, 9.17) is 0 Å². The molecule has 1 atom stereocenters. The number of nitrogens with one attached hydrogen (secondary N) is 2. The van der Waals surface area contributed by atoms with Crippen molar-refractivity contribution in [2.45, 2.75) is 26.3 Å². The van der Waals surface area contributed by atoms with Crippen molar-refractivity contribution < 1.29 is 14.0 Å². The fraction of sp³-hybridized carbons (Fsp3) is 0.250. The summed E-state index contributed by atoms with van der Waals surface area (Å²) < 4.78 is 12.8. The van der Waals surface area contributed by atoms with Crippen LogP contribution in [0.5, 0.6) is 0 Å². The van der Waals surface area contributed by atoms with Gasteiger partial charge in [-0.15, -0.1) is 0 Å². The van der Waals surface area contributed by atoms with Crippen molar-refractivity contribution in [3.63, 3.8) is 0 Å². The third-order valence-electron chi connectivity index (χ3n) is 3.23. The Balaban J connectivity index is 1.94. The first-order valence-electron chi connectivity index (χ1n) is 6.71. The predicted octanol–water partition coefficient (Wildman–Crippen LogP) is 2.85. The first-order valence-corrected chi connectivity index (χ1v) is 6.71. The van der Waals surface area contributed by atoms with Crippen LogP contribution in [0.3, 0.4) is 0 Å². The second-order valence-electron chi connectivity index (χ2n) is 5.03. The van der Waals surface area contributed by atoms with Crippen molar-refractivity contribution in [2.75, 3.05) is 0 Å². The quantitative estimate of drug-likeness (QED) is 0.831. The molecule has 110 valence electrons. The number of rotatable bonds is 5. The van der Waals surface area contributed by atoms with Crippen LogP contribution in [0.2, 0.25) is 0 Å². The minimum Gasteiger partial charge on any atom is -0.365 e. The van der Waals surface area contributed by atoms with Crippen molar-refractivity contribution in [3.8, 4) is 0 Å². The molecule has 1 amide bonds. The van der Waals surface area contributed by atoms with Crippen LogP contribution in [0.15, 0.2) is 36.5 Å². The first kappa shape index (κ1) is 15.0. The molecule has 0 aliphatic rings. The molecule has 5 heteroatoms. The van der Waals surface area contributed by atoms with Crippen molar-refractivity contribution >= 4 is 11.7 Å². The van der Waals surface area contributed by atoms with E-state index in [-0.39, 0.29) is 30.0 Å². The predicted molar refractivity (Wildman–Crippen MR) is 77.8 cm³/mol. The zero-order chi connectivity index (χ0) is 15.4. The number of halogens is 1. The Kier molecular flexibility index (Phi) is 4.52. The molecule has 0 radical (unpaired) electrons. The molecule has 2 N–H and O–H groups in total. The highest BCUT2D eigenvalue weighted by atomic mass is 19.1. The van der Waals surface area contributed by atoms with E-state index in [2.05, 4.69) is 10.3 Å². The van der Waals surface area contributed by atoms with Gasteiger partial charge in [0.15, 0.2) is 5.78 Å². The Morgan fingerprint density at radius 3 is 2.48 bits per heavy atom. The number of amides is 1. The number of H-pyrrole nitrogens is 1. The van der Waals surface area contributed by atoms with E-state index in [0.29, 0.717) is 11.1 Å². The number of carbonyl (C=O) groups is 2. The highest BCUT2D eigenvalue weighted by Gasteiger charge is 2.16. The number of ketones is 1. The van der Waals surface area contributed by atoms with Gasteiger partial charge in [0, 0.05) is 29.9 Å². The molecular formula is C16H17FN2O2. The van der Waals surface area contributed by atoms with Crippen LogP contribution in [-0.4, -0.2) is 22.7 Å². The molecule has 1 unspecified atom stereocenters. The molecule has 0 spiro atoms. The molecule has 1 heterocycles. The number of aryl methyl sites for hydroxylation is 1. The molecule has 1 aromatic heterocycles. The van der Waals surface area contributed by atoms with Gasteiger partial charge >= 0.3 is 0 Å². The Morgan fingerprint density at radius 1 is 1.24 bits per heavy atom. The smallest absolute Gasteiger partial charge is 0.253 e. The monoisotopic (exact) mass is 288 g/mol. The third-order valence-corrected chi connectivity index (χ3v) is 3.23. The Hall–Kier alpha value is -2.43. The minimum absolute atomic E-state index is 0.131. The van der Waals surface area contributed by atoms with Crippen molar-refractivity contribution in [1.29, 1.82) is 0 Å². The second-order valence-corrected chi connectivity index (χ2v) is 5.03. The molecule has 1 aromatic carbocycles. The van der Waals surface area contributed by atoms with Crippen molar-refractivity contribution in [3.05, 3.63) is 59.2 Å². The Labute approximate surface area is 122 Å². The van der Waals surface area contributed by atoms with Crippen LogP contribution in [0.25, 0.3) is 0 Å². The topological polar surface area (TPSA) is 62.0 Å². The van der Waals surface area contributed by atoms with E-state index in [1.807, 2.05) is 6.92 Å². The van der Waals surface area contributed by atoms with Gasteiger partial charge in [-0.25, -0.2) is 4.39 Å². The molecule has 4 nitrogen and oxygen atoms in total.